The van der Waals surface area contributed by atoms with Crippen molar-refractivity contribution in [3.8, 4) is 5.75 Å². The second kappa shape index (κ2) is 4.09. The van der Waals surface area contributed by atoms with Gasteiger partial charge in [-0.1, -0.05) is 18.7 Å². The zero-order chi connectivity index (χ0) is 9.84. The molecule has 0 aliphatic rings. The molecule has 0 amide bonds. The SMILES string of the molecule is C=C(c1ccc(OC)cc1)[SH](=O)=O. The Morgan fingerprint density at radius 3 is 2.23 bits per heavy atom. The first-order chi connectivity index (χ1) is 6.15. The van der Waals surface area contributed by atoms with Gasteiger partial charge in [0, 0.05) is 0 Å². The molecule has 0 heterocycles. The Labute approximate surface area is 78.6 Å². The molecule has 0 aliphatic heterocycles. The van der Waals surface area contributed by atoms with Crippen molar-refractivity contribution in [1.29, 1.82) is 0 Å². The van der Waals surface area contributed by atoms with E-state index in [0.717, 1.165) is 0 Å². The predicted octanol–water partition coefficient (Wildman–Crippen LogP) is 1.28. The molecule has 1 aromatic rings. The minimum Gasteiger partial charge on any atom is -0.497 e. The standard InChI is InChI=1S/C9H10O3S/c1-7(13(10)11)8-3-5-9(12-2)6-4-8/h3-6,13H,1H2,2H3. The molecule has 4 heteroatoms. The average molecular weight is 198 g/mol. The molecule has 0 fully saturated rings. The highest BCUT2D eigenvalue weighted by Gasteiger charge is 2.00. The van der Waals surface area contributed by atoms with E-state index in [9.17, 15) is 8.42 Å². The van der Waals surface area contributed by atoms with Gasteiger partial charge in [-0.25, -0.2) is 8.42 Å². The van der Waals surface area contributed by atoms with Crippen LogP contribution >= 0.6 is 0 Å². The summed E-state index contributed by atoms with van der Waals surface area (Å²) in [6.45, 7) is 3.44. The molecule has 0 atom stereocenters. The van der Waals surface area contributed by atoms with Gasteiger partial charge < -0.3 is 4.74 Å². The first kappa shape index (κ1) is 9.80. The van der Waals surface area contributed by atoms with Gasteiger partial charge >= 0.3 is 0 Å². The number of rotatable bonds is 3. The molecule has 0 spiro atoms. The first-order valence-electron chi connectivity index (χ1n) is 3.63. The summed E-state index contributed by atoms with van der Waals surface area (Å²) in [5.74, 6) is 0.692. The van der Waals surface area contributed by atoms with Crippen LogP contribution in [0.3, 0.4) is 0 Å². The van der Waals surface area contributed by atoms with Gasteiger partial charge in [0.05, 0.1) is 12.0 Å². The molecule has 1 rings (SSSR count). The summed E-state index contributed by atoms with van der Waals surface area (Å²) >= 11 is 0. The van der Waals surface area contributed by atoms with E-state index in [0.29, 0.717) is 11.3 Å². The van der Waals surface area contributed by atoms with Crippen LogP contribution in [0.2, 0.25) is 0 Å². The van der Waals surface area contributed by atoms with Crippen LogP contribution in [-0.2, 0) is 10.7 Å². The predicted molar refractivity (Wildman–Crippen MR) is 52.3 cm³/mol. The lowest BCUT2D eigenvalue weighted by Gasteiger charge is -2.00. The van der Waals surface area contributed by atoms with Gasteiger partial charge in [-0.05, 0) is 17.7 Å². The van der Waals surface area contributed by atoms with E-state index in [1.165, 1.54) is 0 Å². The highest BCUT2D eigenvalue weighted by Crippen LogP contribution is 2.17. The van der Waals surface area contributed by atoms with Crippen molar-refractivity contribution in [2.75, 3.05) is 7.11 Å². The maximum Gasteiger partial charge on any atom is 0.168 e. The van der Waals surface area contributed by atoms with E-state index < -0.39 is 10.7 Å². The third-order valence-electron chi connectivity index (χ3n) is 1.64. The van der Waals surface area contributed by atoms with E-state index in [1.54, 1.807) is 31.4 Å². The molecule has 0 saturated heterocycles. The fourth-order valence-electron chi connectivity index (χ4n) is 0.889. The number of hydrogen-bond acceptors (Lipinski definition) is 3. The van der Waals surface area contributed by atoms with Crippen molar-refractivity contribution >= 4 is 15.6 Å². The highest BCUT2D eigenvalue weighted by molar-refractivity contribution is 7.82. The van der Waals surface area contributed by atoms with Gasteiger partial charge in [-0.3, -0.25) is 0 Å². The lowest BCUT2D eigenvalue weighted by atomic mass is 10.2. The number of ether oxygens (including phenoxy) is 1. The number of thiol groups is 1. The molecule has 0 N–H and O–H groups in total. The summed E-state index contributed by atoms with van der Waals surface area (Å²) in [6, 6.07) is 6.71. The van der Waals surface area contributed by atoms with Crippen molar-refractivity contribution in [3.63, 3.8) is 0 Å². The Morgan fingerprint density at radius 1 is 1.31 bits per heavy atom. The molecule has 13 heavy (non-hydrogen) atoms. The van der Waals surface area contributed by atoms with Crippen LogP contribution in [0.15, 0.2) is 30.8 Å². The minimum absolute atomic E-state index is 0.123. The largest absolute Gasteiger partial charge is 0.497 e. The number of methoxy groups -OCH3 is 1. The molecular weight excluding hydrogens is 188 g/mol. The van der Waals surface area contributed by atoms with Crippen LogP contribution in [0, 0.1) is 0 Å². The third kappa shape index (κ3) is 2.32. The van der Waals surface area contributed by atoms with Gasteiger partial charge in [0.15, 0.2) is 10.7 Å². The second-order valence-electron chi connectivity index (χ2n) is 2.43. The normalized spacial score (nSPS) is 10.0. The van der Waals surface area contributed by atoms with Crippen molar-refractivity contribution < 1.29 is 13.2 Å². The molecule has 1 aromatic carbocycles. The molecule has 0 aromatic heterocycles. The zero-order valence-electron chi connectivity index (χ0n) is 7.19. The van der Waals surface area contributed by atoms with E-state index in [4.69, 9.17) is 4.74 Å². The van der Waals surface area contributed by atoms with Crippen LogP contribution in [0.4, 0.5) is 0 Å². The summed E-state index contributed by atoms with van der Waals surface area (Å²) in [5, 5.41) is 0. The van der Waals surface area contributed by atoms with Gasteiger partial charge in [0.2, 0.25) is 0 Å². The van der Waals surface area contributed by atoms with Gasteiger partial charge in [0.1, 0.15) is 5.75 Å². The Hall–Kier alpha value is -1.29. The molecule has 0 unspecified atom stereocenters. The Kier molecular flexibility index (Phi) is 3.08. The van der Waals surface area contributed by atoms with Crippen molar-refractivity contribution in [2.24, 2.45) is 0 Å². The number of hydrogen-bond donors (Lipinski definition) is 1. The maximum absolute atomic E-state index is 10.6. The molecule has 0 saturated carbocycles. The van der Waals surface area contributed by atoms with Crippen molar-refractivity contribution in [2.45, 2.75) is 0 Å². The third-order valence-corrected chi connectivity index (χ3v) is 2.34. The summed E-state index contributed by atoms with van der Waals surface area (Å²) in [5.41, 5.74) is 0.594. The van der Waals surface area contributed by atoms with Crippen LogP contribution < -0.4 is 4.74 Å². The minimum atomic E-state index is -2.59. The van der Waals surface area contributed by atoms with E-state index in [1.807, 2.05) is 0 Å². The lowest BCUT2D eigenvalue weighted by molar-refractivity contribution is 0.415. The lowest BCUT2D eigenvalue weighted by Crippen LogP contribution is -1.86. The average Bonchev–Trinajstić information content (AvgIpc) is 2.17. The summed E-state index contributed by atoms with van der Waals surface area (Å²) in [7, 11) is -1.03. The van der Waals surface area contributed by atoms with Gasteiger partial charge in [-0.15, -0.1) is 0 Å². The molecule has 0 radical (unpaired) electrons. The van der Waals surface area contributed by atoms with Crippen LogP contribution in [-0.4, -0.2) is 15.5 Å². The fourth-order valence-corrected chi connectivity index (χ4v) is 1.25. The Morgan fingerprint density at radius 2 is 1.85 bits per heavy atom. The van der Waals surface area contributed by atoms with Crippen molar-refractivity contribution in [1.82, 2.24) is 0 Å². The summed E-state index contributed by atoms with van der Waals surface area (Å²) in [4.78, 5) is 0.123. The highest BCUT2D eigenvalue weighted by atomic mass is 32.2. The smallest absolute Gasteiger partial charge is 0.168 e. The topological polar surface area (TPSA) is 43.4 Å². The maximum atomic E-state index is 10.6. The van der Waals surface area contributed by atoms with Gasteiger partial charge in [0.25, 0.3) is 0 Å². The quantitative estimate of drug-likeness (QED) is 0.744. The molecule has 0 bridgehead atoms. The second-order valence-corrected chi connectivity index (χ2v) is 3.49. The van der Waals surface area contributed by atoms with Crippen LogP contribution in [0.1, 0.15) is 5.56 Å². The first-order valence-corrected chi connectivity index (χ1v) is 4.80. The molecule has 70 valence electrons. The fraction of sp³-hybridized carbons (Fsp3) is 0.111. The summed E-state index contributed by atoms with van der Waals surface area (Å²) < 4.78 is 26.0. The van der Waals surface area contributed by atoms with Crippen molar-refractivity contribution in [3.05, 3.63) is 36.4 Å². The zero-order valence-corrected chi connectivity index (χ0v) is 8.08. The Balaban J connectivity index is 2.99. The number of benzene rings is 1. The van der Waals surface area contributed by atoms with Crippen LogP contribution in [0.5, 0.6) is 5.75 Å². The molecule has 3 nitrogen and oxygen atoms in total. The van der Waals surface area contributed by atoms with E-state index >= 15 is 0 Å². The van der Waals surface area contributed by atoms with E-state index in [-0.39, 0.29) is 4.91 Å². The van der Waals surface area contributed by atoms with Gasteiger partial charge in [-0.2, -0.15) is 0 Å². The van der Waals surface area contributed by atoms with E-state index in [2.05, 4.69) is 6.58 Å². The monoisotopic (exact) mass is 198 g/mol. The molecular formula is C9H10O3S. The molecule has 0 aliphatic carbocycles. The Bertz CT molecular complexity index is 368. The summed E-state index contributed by atoms with van der Waals surface area (Å²) in [6.07, 6.45) is 0. The van der Waals surface area contributed by atoms with Crippen LogP contribution in [0.25, 0.3) is 4.91 Å².